The fraction of sp³-hybridized carbons (Fsp3) is 0.512. The van der Waals surface area contributed by atoms with Crippen molar-refractivity contribution in [2.24, 2.45) is 5.92 Å². The van der Waals surface area contributed by atoms with Gasteiger partial charge in [0.1, 0.15) is 22.9 Å². The van der Waals surface area contributed by atoms with Crippen molar-refractivity contribution < 1.29 is 32.9 Å². The molecule has 296 valence electrons. The predicted molar refractivity (Wildman–Crippen MR) is 209 cm³/mol. The third kappa shape index (κ3) is 9.61. The van der Waals surface area contributed by atoms with Crippen LogP contribution in [-0.4, -0.2) is 103 Å². The summed E-state index contributed by atoms with van der Waals surface area (Å²) in [6.07, 6.45) is 7.28. The number of pyridine rings is 2. The topological polar surface area (TPSA) is 123 Å². The minimum absolute atomic E-state index is 0.00476. The number of carbonyl (C=O) groups excluding carboxylic acids is 2. The van der Waals surface area contributed by atoms with E-state index in [0.29, 0.717) is 52.0 Å². The molecule has 3 aromatic heterocycles. The Balaban J connectivity index is 1.20. The summed E-state index contributed by atoms with van der Waals surface area (Å²) in [6.45, 7) is 9.24. The van der Waals surface area contributed by atoms with E-state index in [1.165, 1.54) is 12.1 Å². The number of anilines is 3. The van der Waals surface area contributed by atoms with Gasteiger partial charge < -0.3 is 34.1 Å². The number of hydrogen-bond acceptors (Lipinski definition) is 11. The number of hydrogen-bond donors (Lipinski definition) is 1. The molecule has 0 spiro atoms. The highest BCUT2D eigenvalue weighted by atomic mass is 19.1. The molecular weight excluding hydrogens is 705 g/mol. The molecule has 0 aliphatic carbocycles. The van der Waals surface area contributed by atoms with Crippen LogP contribution in [0.2, 0.25) is 0 Å². The lowest BCUT2D eigenvalue weighted by atomic mass is 9.97. The monoisotopic (exact) mass is 759 g/mol. The molecule has 2 amide bonds. The first-order chi connectivity index (χ1) is 26.3. The van der Waals surface area contributed by atoms with Crippen molar-refractivity contribution in [3.63, 3.8) is 0 Å². The Bertz CT molecular complexity index is 1970. The van der Waals surface area contributed by atoms with Crippen molar-refractivity contribution in [2.45, 2.75) is 77.9 Å². The highest BCUT2D eigenvalue weighted by Gasteiger charge is 2.39. The molecule has 6 rings (SSSR count). The van der Waals surface area contributed by atoms with Crippen LogP contribution in [0, 0.1) is 11.7 Å². The Kier molecular flexibility index (Phi) is 12.7. The number of nitrogens with one attached hydrogen (secondary N) is 1. The van der Waals surface area contributed by atoms with Crippen LogP contribution >= 0.6 is 0 Å². The SMILES string of the molecule is COC(CCCCOCC1CCN(c2ccc(Nc3ccc(-c4cnc5cc(F)ccn45)c4c3C(=O)N(C(=O)OC(C)(C)C)C4)nc2CN(C)C)CC1)OC. The molecule has 55 heavy (non-hydrogen) atoms. The average molecular weight is 760 g/mol. The van der Waals surface area contributed by atoms with E-state index in [2.05, 4.69) is 26.2 Å². The molecule has 0 atom stereocenters. The van der Waals surface area contributed by atoms with Gasteiger partial charge in [-0.15, -0.1) is 0 Å². The Labute approximate surface area is 322 Å². The van der Waals surface area contributed by atoms with Crippen LogP contribution in [-0.2, 0) is 32.0 Å². The molecule has 4 aromatic rings. The van der Waals surface area contributed by atoms with E-state index in [1.807, 2.05) is 32.3 Å². The number of imidazole rings is 1. The first kappa shape index (κ1) is 40.0. The van der Waals surface area contributed by atoms with Crippen LogP contribution in [0.15, 0.2) is 48.8 Å². The summed E-state index contributed by atoms with van der Waals surface area (Å²) in [7, 11) is 7.36. The average Bonchev–Trinajstić information content (AvgIpc) is 3.72. The maximum Gasteiger partial charge on any atom is 0.417 e. The molecule has 2 aliphatic rings. The van der Waals surface area contributed by atoms with Crippen molar-refractivity contribution in [1.82, 2.24) is 24.2 Å². The maximum absolute atomic E-state index is 14.1. The third-order valence-electron chi connectivity index (χ3n) is 9.95. The molecular formula is C41H54FN7O6. The standard InChI is InChI=1S/C41H54FN7O6/c1-41(2,3)55-40(51)49-24-30-29(34-23-43-36-22-28(42)17-20-48(34)36)11-12-31(38(30)39(49)50)44-35-14-13-33(32(45-35)25-46(4)5)47-18-15-27(16-19-47)26-54-21-9-8-10-37(52-6)53-7/h11-14,17,20,22-23,27,37H,8-10,15-16,18-19,21,24-26H2,1-7H3,(H,44,45). The van der Waals surface area contributed by atoms with Gasteiger partial charge in [-0.25, -0.2) is 24.1 Å². The normalized spacial score (nSPS) is 15.1. The Morgan fingerprint density at radius 2 is 1.84 bits per heavy atom. The van der Waals surface area contributed by atoms with Gasteiger partial charge >= 0.3 is 6.09 Å². The van der Waals surface area contributed by atoms with Crippen molar-refractivity contribution in [3.05, 3.63) is 71.4 Å². The smallest absolute Gasteiger partial charge is 0.417 e. The molecule has 0 unspecified atom stereocenters. The van der Waals surface area contributed by atoms with E-state index in [0.717, 1.165) is 74.7 Å². The Morgan fingerprint density at radius 3 is 2.55 bits per heavy atom. The van der Waals surface area contributed by atoms with E-state index in [9.17, 15) is 14.0 Å². The number of fused-ring (bicyclic) bond motifs is 2. The van der Waals surface area contributed by atoms with E-state index in [-0.39, 0.29) is 12.8 Å². The number of imide groups is 1. The zero-order chi connectivity index (χ0) is 39.3. The van der Waals surface area contributed by atoms with Crippen LogP contribution in [0.25, 0.3) is 16.9 Å². The zero-order valence-corrected chi connectivity index (χ0v) is 33.1. The largest absolute Gasteiger partial charge is 0.443 e. The predicted octanol–water partition coefficient (Wildman–Crippen LogP) is 7.25. The number of unbranched alkanes of at least 4 members (excludes halogenated alkanes) is 1. The number of amides is 2. The van der Waals surface area contributed by atoms with Crippen LogP contribution in [0.1, 0.15) is 74.5 Å². The van der Waals surface area contributed by atoms with E-state index in [4.69, 9.17) is 23.9 Å². The van der Waals surface area contributed by atoms with Gasteiger partial charge in [0.05, 0.1) is 41.1 Å². The van der Waals surface area contributed by atoms with Gasteiger partial charge in [0.15, 0.2) is 6.29 Å². The summed E-state index contributed by atoms with van der Waals surface area (Å²) < 4.78 is 38.0. The van der Waals surface area contributed by atoms with Crippen LogP contribution in [0.4, 0.5) is 26.4 Å². The fourth-order valence-electron chi connectivity index (χ4n) is 7.23. The zero-order valence-electron chi connectivity index (χ0n) is 33.1. The molecule has 2 aliphatic heterocycles. The Hall–Kier alpha value is -4.63. The molecule has 0 bridgehead atoms. The van der Waals surface area contributed by atoms with Crippen LogP contribution in [0.3, 0.4) is 0 Å². The summed E-state index contributed by atoms with van der Waals surface area (Å²) in [5.74, 6) is 0.216. The van der Waals surface area contributed by atoms with Gasteiger partial charge in [-0.2, -0.15) is 0 Å². The lowest BCUT2D eigenvalue weighted by Crippen LogP contribution is -2.37. The number of ether oxygens (including phenoxy) is 4. The summed E-state index contributed by atoms with van der Waals surface area (Å²) in [6, 6.07) is 10.4. The highest BCUT2D eigenvalue weighted by Crippen LogP contribution is 2.39. The molecule has 1 N–H and O–H groups in total. The van der Waals surface area contributed by atoms with Gasteiger partial charge in [0, 0.05) is 64.9 Å². The number of piperidine rings is 1. The minimum atomic E-state index is -0.793. The molecule has 1 aromatic carbocycles. The highest BCUT2D eigenvalue weighted by molar-refractivity contribution is 6.11. The fourth-order valence-corrected chi connectivity index (χ4v) is 7.23. The molecule has 0 radical (unpaired) electrons. The van der Waals surface area contributed by atoms with E-state index >= 15 is 0 Å². The summed E-state index contributed by atoms with van der Waals surface area (Å²) in [5.41, 5.74) is 4.51. The second kappa shape index (κ2) is 17.4. The summed E-state index contributed by atoms with van der Waals surface area (Å²) in [5, 5.41) is 3.41. The van der Waals surface area contributed by atoms with Crippen LogP contribution < -0.4 is 10.2 Å². The molecule has 1 fully saturated rings. The van der Waals surface area contributed by atoms with Gasteiger partial charge in [-0.05, 0) is 103 Å². The van der Waals surface area contributed by atoms with E-state index < -0.39 is 23.4 Å². The van der Waals surface area contributed by atoms with Gasteiger partial charge in [0.2, 0.25) is 0 Å². The lowest BCUT2D eigenvalue weighted by Gasteiger charge is -2.35. The minimum Gasteiger partial charge on any atom is -0.443 e. The second-order valence-corrected chi connectivity index (χ2v) is 15.5. The molecule has 5 heterocycles. The first-order valence-electron chi connectivity index (χ1n) is 19.0. The number of carbonyl (C=O) groups is 2. The second-order valence-electron chi connectivity index (χ2n) is 15.5. The van der Waals surface area contributed by atoms with Gasteiger partial charge in [0.25, 0.3) is 5.91 Å². The number of aromatic nitrogens is 3. The van der Waals surface area contributed by atoms with Crippen molar-refractivity contribution in [2.75, 3.05) is 64.8 Å². The maximum atomic E-state index is 14.1. The quantitative estimate of drug-likeness (QED) is 0.0974. The lowest BCUT2D eigenvalue weighted by molar-refractivity contribution is -0.107. The van der Waals surface area contributed by atoms with Crippen molar-refractivity contribution >= 4 is 34.8 Å². The summed E-state index contributed by atoms with van der Waals surface area (Å²) >= 11 is 0. The summed E-state index contributed by atoms with van der Waals surface area (Å²) in [4.78, 5) is 42.5. The Morgan fingerprint density at radius 1 is 1.07 bits per heavy atom. The molecule has 0 saturated carbocycles. The number of benzene rings is 1. The number of halogens is 1. The molecule has 1 saturated heterocycles. The van der Waals surface area contributed by atoms with Gasteiger partial charge in [-0.1, -0.05) is 6.07 Å². The molecule has 13 nitrogen and oxygen atoms in total. The third-order valence-corrected chi connectivity index (χ3v) is 9.95. The number of rotatable bonds is 15. The van der Waals surface area contributed by atoms with Crippen LogP contribution in [0.5, 0.6) is 0 Å². The van der Waals surface area contributed by atoms with E-state index in [1.54, 1.807) is 51.8 Å². The number of nitrogens with zero attached hydrogens (tertiary/aromatic N) is 6. The molecule has 14 heteroatoms. The van der Waals surface area contributed by atoms with Crippen molar-refractivity contribution in [3.8, 4) is 11.3 Å². The number of methoxy groups -OCH3 is 2. The van der Waals surface area contributed by atoms with Gasteiger partial charge in [-0.3, -0.25) is 9.20 Å². The first-order valence-corrected chi connectivity index (χ1v) is 19.0. The van der Waals surface area contributed by atoms with Crippen molar-refractivity contribution in [1.29, 1.82) is 0 Å².